The van der Waals surface area contributed by atoms with E-state index in [0.717, 1.165) is 5.56 Å². The maximum absolute atomic E-state index is 14.1. The van der Waals surface area contributed by atoms with Crippen LogP contribution >= 0.6 is 23.2 Å². The number of fused-ring (bicyclic) bond motifs is 1. The van der Waals surface area contributed by atoms with Crippen molar-refractivity contribution in [2.24, 2.45) is 5.73 Å². The van der Waals surface area contributed by atoms with Crippen molar-refractivity contribution in [1.29, 1.82) is 0 Å². The predicted molar refractivity (Wildman–Crippen MR) is 77.8 cm³/mol. The van der Waals surface area contributed by atoms with E-state index in [1.807, 2.05) is 0 Å². The first-order valence-corrected chi connectivity index (χ1v) is 6.97. The highest BCUT2D eigenvalue weighted by atomic mass is 35.5. The fourth-order valence-electron chi connectivity index (χ4n) is 2.43. The highest BCUT2D eigenvalue weighted by Crippen LogP contribution is 2.41. The molecule has 0 saturated heterocycles. The third-order valence-corrected chi connectivity index (χ3v) is 3.96. The molecule has 3 rings (SSSR count). The Balaban J connectivity index is 1.99. The van der Waals surface area contributed by atoms with Crippen LogP contribution in [0.3, 0.4) is 0 Å². The van der Waals surface area contributed by atoms with Crippen LogP contribution in [0.5, 0.6) is 5.75 Å². The van der Waals surface area contributed by atoms with Gasteiger partial charge in [0.25, 0.3) is 0 Å². The molecule has 5 heteroatoms. The fraction of sp³-hybridized carbons (Fsp3) is 0.200. The number of halogens is 3. The molecule has 2 aromatic carbocycles. The molecule has 0 spiro atoms. The Hall–Kier alpha value is -1.29. The maximum Gasteiger partial charge on any atom is 0.148 e. The van der Waals surface area contributed by atoms with Crippen molar-refractivity contribution >= 4 is 23.2 Å². The average molecular weight is 312 g/mol. The zero-order valence-corrected chi connectivity index (χ0v) is 12.0. The van der Waals surface area contributed by atoms with Crippen LogP contribution in [0.15, 0.2) is 36.4 Å². The van der Waals surface area contributed by atoms with Crippen molar-refractivity contribution in [3.63, 3.8) is 0 Å². The van der Waals surface area contributed by atoms with E-state index in [0.29, 0.717) is 22.8 Å². The topological polar surface area (TPSA) is 35.2 Å². The zero-order chi connectivity index (χ0) is 14.3. The number of nitrogens with two attached hydrogens (primary N) is 1. The normalized spacial score (nSPS) is 21.2. The molecule has 0 saturated carbocycles. The first kappa shape index (κ1) is 13.7. The lowest BCUT2D eigenvalue weighted by Crippen LogP contribution is -2.24. The van der Waals surface area contributed by atoms with Gasteiger partial charge in [-0.25, -0.2) is 4.39 Å². The van der Waals surface area contributed by atoms with Crippen LogP contribution in [-0.4, -0.2) is 0 Å². The predicted octanol–water partition coefficient (Wildman–Crippen LogP) is 4.66. The minimum atomic E-state index is -0.455. The average Bonchev–Trinajstić information content (AvgIpc) is 2.42. The molecule has 1 heterocycles. The lowest BCUT2D eigenvalue weighted by molar-refractivity contribution is 0.157. The van der Waals surface area contributed by atoms with E-state index in [9.17, 15) is 4.39 Å². The van der Waals surface area contributed by atoms with E-state index in [2.05, 4.69) is 0 Å². The van der Waals surface area contributed by atoms with E-state index >= 15 is 0 Å². The third-order valence-electron chi connectivity index (χ3n) is 3.44. The second kappa shape index (κ2) is 5.24. The molecule has 2 N–H and O–H groups in total. The zero-order valence-electron chi connectivity index (χ0n) is 10.4. The van der Waals surface area contributed by atoms with E-state index in [1.165, 1.54) is 6.07 Å². The molecule has 0 bridgehead atoms. The Morgan fingerprint density at radius 3 is 2.75 bits per heavy atom. The van der Waals surface area contributed by atoms with Crippen molar-refractivity contribution in [3.05, 3.63) is 63.4 Å². The highest BCUT2D eigenvalue weighted by Gasteiger charge is 2.29. The molecule has 20 heavy (non-hydrogen) atoms. The smallest absolute Gasteiger partial charge is 0.148 e. The van der Waals surface area contributed by atoms with Gasteiger partial charge in [0.05, 0.1) is 5.02 Å². The molecule has 2 atom stereocenters. The molecule has 1 unspecified atom stereocenters. The van der Waals surface area contributed by atoms with E-state index < -0.39 is 11.9 Å². The van der Waals surface area contributed by atoms with Gasteiger partial charge in [0, 0.05) is 28.6 Å². The molecule has 2 nitrogen and oxygen atoms in total. The minimum absolute atomic E-state index is 0.0848. The van der Waals surface area contributed by atoms with E-state index in [1.54, 1.807) is 30.3 Å². The van der Waals surface area contributed by atoms with Gasteiger partial charge in [-0.15, -0.1) is 0 Å². The van der Waals surface area contributed by atoms with Crippen LogP contribution in [-0.2, 0) is 0 Å². The van der Waals surface area contributed by atoms with Crippen LogP contribution in [0.1, 0.15) is 29.7 Å². The van der Waals surface area contributed by atoms with Crippen LogP contribution in [0.4, 0.5) is 4.39 Å². The molecule has 2 aromatic rings. The van der Waals surface area contributed by atoms with Crippen LogP contribution in [0.2, 0.25) is 10.0 Å². The first-order chi connectivity index (χ1) is 9.56. The van der Waals surface area contributed by atoms with Gasteiger partial charge in [-0.05, 0) is 24.3 Å². The van der Waals surface area contributed by atoms with Crippen LogP contribution < -0.4 is 10.5 Å². The van der Waals surface area contributed by atoms with Gasteiger partial charge in [0.15, 0.2) is 0 Å². The van der Waals surface area contributed by atoms with E-state index in [4.69, 9.17) is 33.7 Å². The second-order valence-corrected chi connectivity index (χ2v) is 5.62. The summed E-state index contributed by atoms with van der Waals surface area (Å²) in [6, 6.07) is 9.90. The summed E-state index contributed by atoms with van der Waals surface area (Å²) < 4.78 is 19.9. The van der Waals surface area contributed by atoms with Crippen molar-refractivity contribution in [2.45, 2.75) is 18.6 Å². The summed E-state index contributed by atoms with van der Waals surface area (Å²) in [5, 5.41) is 0.691. The summed E-state index contributed by atoms with van der Waals surface area (Å²) in [5.41, 5.74) is 7.41. The Kier molecular flexibility index (Phi) is 3.59. The SMILES string of the molecule is N[C@H]1CC(c2cccc(Cl)c2F)Oc2ccc(Cl)cc21. The molecular formula is C15H12Cl2FNO. The molecule has 104 valence electrons. The summed E-state index contributed by atoms with van der Waals surface area (Å²) in [7, 11) is 0. The maximum atomic E-state index is 14.1. The van der Waals surface area contributed by atoms with Crippen molar-refractivity contribution in [1.82, 2.24) is 0 Å². The van der Waals surface area contributed by atoms with Gasteiger partial charge in [0.1, 0.15) is 17.7 Å². The fourth-order valence-corrected chi connectivity index (χ4v) is 2.80. The van der Waals surface area contributed by atoms with Gasteiger partial charge in [-0.1, -0.05) is 35.3 Å². The standard InChI is InChI=1S/C15H12Cl2FNO/c16-8-4-5-13-10(6-8)12(19)7-14(20-13)9-2-1-3-11(17)15(9)18/h1-6,12,14H,7,19H2/t12-,14?/m0/s1. The largest absolute Gasteiger partial charge is 0.485 e. The van der Waals surface area contributed by atoms with Gasteiger partial charge in [-0.2, -0.15) is 0 Å². The Morgan fingerprint density at radius 1 is 1.15 bits per heavy atom. The number of hydrogen-bond acceptors (Lipinski definition) is 2. The number of rotatable bonds is 1. The van der Waals surface area contributed by atoms with Gasteiger partial charge in [0.2, 0.25) is 0 Å². The van der Waals surface area contributed by atoms with Crippen LogP contribution in [0.25, 0.3) is 0 Å². The highest BCUT2D eigenvalue weighted by molar-refractivity contribution is 6.31. The summed E-state index contributed by atoms with van der Waals surface area (Å²) in [6.07, 6.45) is 0.0299. The number of ether oxygens (including phenoxy) is 1. The van der Waals surface area contributed by atoms with Crippen molar-refractivity contribution < 1.29 is 9.13 Å². The first-order valence-electron chi connectivity index (χ1n) is 6.22. The van der Waals surface area contributed by atoms with Crippen molar-refractivity contribution in [2.75, 3.05) is 0 Å². The lowest BCUT2D eigenvalue weighted by Gasteiger charge is -2.31. The molecule has 0 fully saturated rings. The van der Waals surface area contributed by atoms with Crippen molar-refractivity contribution in [3.8, 4) is 5.75 Å². The third kappa shape index (κ3) is 2.37. The number of hydrogen-bond donors (Lipinski definition) is 1. The van der Waals surface area contributed by atoms with Gasteiger partial charge >= 0.3 is 0 Å². The second-order valence-electron chi connectivity index (χ2n) is 4.77. The molecule has 1 aliphatic rings. The summed E-state index contributed by atoms with van der Waals surface area (Å²) in [5.74, 6) is 0.182. The van der Waals surface area contributed by atoms with E-state index in [-0.39, 0.29) is 11.1 Å². The summed E-state index contributed by atoms with van der Waals surface area (Å²) in [4.78, 5) is 0. The Bertz CT molecular complexity index is 662. The molecular weight excluding hydrogens is 300 g/mol. The Morgan fingerprint density at radius 2 is 1.95 bits per heavy atom. The monoisotopic (exact) mass is 311 g/mol. The van der Waals surface area contributed by atoms with Gasteiger partial charge in [-0.3, -0.25) is 0 Å². The molecule has 0 aliphatic carbocycles. The molecule has 0 aromatic heterocycles. The summed E-state index contributed by atoms with van der Waals surface area (Å²) >= 11 is 11.8. The number of benzene rings is 2. The Labute approximate surface area is 126 Å². The van der Waals surface area contributed by atoms with Crippen LogP contribution in [0, 0.1) is 5.82 Å². The quantitative estimate of drug-likeness (QED) is 0.831. The summed E-state index contributed by atoms with van der Waals surface area (Å²) in [6.45, 7) is 0. The van der Waals surface area contributed by atoms with Gasteiger partial charge < -0.3 is 10.5 Å². The molecule has 1 aliphatic heterocycles. The lowest BCUT2D eigenvalue weighted by atomic mass is 9.93. The molecule has 0 amide bonds. The molecule has 0 radical (unpaired) electrons. The minimum Gasteiger partial charge on any atom is -0.485 e.